The lowest BCUT2D eigenvalue weighted by Crippen LogP contribution is -2.32. The van der Waals surface area contributed by atoms with Gasteiger partial charge in [0.2, 0.25) is 0 Å². The van der Waals surface area contributed by atoms with Crippen molar-refractivity contribution in [3.8, 4) is 0 Å². The molecule has 6 heteroatoms. The molecule has 1 aromatic heterocycles. The molecule has 0 aliphatic carbocycles. The molecule has 0 atom stereocenters. The molecule has 1 aromatic carbocycles. The molecular formula is C16H13FN2O2S. The molecular weight excluding hydrogens is 303 g/mol. The van der Waals surface area contributed by atoms with Gasteiger partial charge in [0.15, 0.2) is 0 Å². The van der Waals surface area contributed by atoms with Crippen LogP contribution in [-0.4, -0.2) is 23.3 Å². The molecule has 0 saturated heterocycles. The van der Waals surface area contributed by atoms with Crippen LogP contribution in [0.5, 0.6) is 0 Å². The summed E-state index contributed by atoms with van der Waals surface area (Å²) in [6.07, 6.45) is 0. The zero-order chi connectivity index (χ0) is 15.7. The van der Waals surface area contributed by atoms with Crippen molar-refractivity contribution in [2.75, 3.05) is 11.9 Å². The maximum absolute atomic E-state index is 13.3. The minimum absolute atomic E-state index is 0.194. The van der Waals surface area contributed by atoms with E-state index in [0.717, 1.165) is 0 Å². The van der Waals surface area contributed by atoms with E-state index < -0.39 is 5.82 Å². The third-order valence-corrected chi connectivity index (χ3v) is 4.23. The predicted molar refractivity (Wildman–Crippen MR) is 83.7 cm³/mol. The maximum atomic E-state index is 13.3. The highest BCUT2D eigenvalue weighted by atomic mass is 32.1. The van der Waals surface area contributed by atoms with Gasteiger partial charge in [0.25, 0.3) is 11.8 Å². The number of nitrogens with zero attached hydrogens (tertiary/aromatic N) is 1. The van der Waals surface area contributed by atoms with Gasteiger partial charge in [-0.25, -0.2) is 4.39 Å². The van der Waals surface area contributed by atoms with Crippen molar-refractivity contribution in [1.82, 2.24) is 4.90 Å². The lowest BCUT2D eigenvalue weighted by molar-refractivity contribution is -0.136. The SMILES string of the molecule is CCN1C(=O)C(Nc2cccc(F)c2)=C(c2cccs2)C1=O. The zero-order valence-corrected chi connectivity index (χ0v) is 12.6. The van der Waals surface area contributed by atoms with Crippen LogP contribution in [0.1, 0.15) is 11.8 Å². The number of carbonyl (C=O) groups excluding carboxylic acids is 2. The molecule has 3 rings (SSSR count). The summed E-state index contributed by atoms with van der Waals surface area (Å²) in [5.41, 5.74) is 0.967. The Morgan fingerprint density at radius 3 is 2.64 bits per heavy atom. The van der Waals surface area contributed by atoms with Crippen LogP contribution in [0.25, 0.3) is 5.57 Å². The Morgan fingerprint density at radius 1 is 1.18 bits per heavy atom. The summed E-state index contributed by atoms with van der Waals surface area (Å²) in [6.45, 7) is 2.04. The molecule has 2 amide bonds. The first-order valence-electron chi connectivity index (χ1n) is 6.78. The topological polar surface area (TPSA) is 49.4 Å². The molecule has 0 fully saturated rings. The summed E-state index contributed by atoms with van der Waals surface area (Å²) in [4.78, 5) is 26.8. The highest BCUT2D eigenvalue weighted by Gasteiger charge is 2.38. The molecule has 0 spiro atoms. The second-order valence-electron chi connectivity index (χ2n) is 4.72. The van der Waals surface area contributed by atoms with E-state index in [1.54, 1.807) is 25.1 Å². The first-order chi connectivity index (χ1) is 10.6. The number of imide groups is 1. The number of halogens is 1. The minimum atomic E-state index is -0.410. The minimum Gasteiger partial charge on any atom is -0.350 e. The van der Waals surface area contributed by atoms with Gasteiger partial charge in [-0.05, 0) is 36.6 Å². The summed E-state index contributed by atoms with van der Waals surface area (Å²) in [5.74, 6) is -1.12. The van der Waals surface area contributed by atoms with E-state index in [1.165, 1.54) is 28.4 Å². The summed E-state index contributed by atoms with van der Waals surface area (Å²) in [6, 6.07) is 9.40. The number of nitrogens with one attached hydrogen (secondary N) is 1. The van der Waals surface area contributed by atoms with Gasteiger partial charge in [0, 0.05) is 17.1 Å². The van der Waals surface area contributed by atoms with Crippen molar-refractivity contribution in [3.63, 3.8) is 0 Å². The van der Waals surface area contributed by atoms with Crippen LogP contribution in [0.15, 0.2) is 47.5 Å². The molecule has 2 aromatic rings. The van der Waals surface area contributed by atoms with E-state index in [1.807, 2.05) is 11.4 Å². The Labute approximate surface area is 130 Å². The zero-order valence-electron chi connectivity index (χ0n) is 11.8. The summed E-state index contributed by atoms with van der Waals surface area (Å²) < 4.78 is 13.3. The monoisotopic (exact) mass is 316 g/mol. The second kappa shape index (κ2) is 5.73. The number of hydrogen-bond donors (Lipinski definition) is 1. The van der Waals surface area contributed by atoms with Crippen molar-refractivity contribution < 1.29 is 14.0 Å². The molecule has 0 bridgehead atoms. The van der Waals surface area contributed by atoms with Crippen LogP contribution in [0.2, 0.25) is 0 Å². The standard InChI is InChI=1S/C16H13FN2O2S/c1-2-19-15(20)13(12-7-4-8-22-12)14(16(19)21)18-11-6-3-5-10(17)9-11/h3-9,18H,2H2,1H3. The number of anilines is 1. The Bertz CT molecular complexity index is 768. The Morgan fingerprint density at radius 2 is 2.00 bits per heavy atom. The molecule has 0 unspecified atom stereocenters. The largest absolute Gasteiger partial charge is 0.350 e. The van der Waals surface area contributed by atoms with E-state index >= 15 is 0 Å². The fraction of sp³-hybridized carbons (Fsp3) is 0.125. The Hall–Kier alpha value is -2.47. The normalized spacial score (nSPS) is 14.9. The molecule has 0 saturated carbocycles. The van der Waals surface area contributed by atoms with Gasteiger partial charge in [-0.3, -0.25) is 14.5 Å². The molecule has 112 valence electrons. The van der Waals surface area contributed by atoms with Crippen LogP contribution in [-0.2, 0) is 9.59 Å². The van der Waals surface area contributed by atoms with Crippen molar-refractivity contribution in [2.45, 2.75) is 6.92 Å². The van der Waals surface area contributed by atoms with Crippen molar-refractivity contribution in [1.29, 1.82) is 0 Å². The second-order valence-corrected chi connectivity index (χ2v) is 5.66. The fourth-order valence-electron chi connectivity index (χ4n) is 2.34. The first-order valence-corrected chi connectivity index (χ1v) is 7.66. The van der Waals surface area contributed by atoms with E-state index in [2.05, 4.69) is 5.32 Å². The van der Waals surface area contributed by atoms with E-state index in [-0.39, 0.29) is 17.5 Å². The number of benzene rings is 1. The van der Waals surface area contributed by atoms with Gasteiger partial charge >= 0.3 is 0 Å². The maximum Gasteiger partial charge on any atom is 0.278 e. The number of amides is 2. The Kier molecular flexibility index (Phi) is 3.77. The third-order valence-electron chi connectivity index (χ3n) is 3.35. The van der Waals surface area contributed by atoms with Crippen LogP contribution >= 0.6 is 11.3 Å². The molecule has 0 radical (unpaired) electrons. The van der Waals surface area contributed by atoms with Crippen molar-refractivity contribution >= 4 is 34.4 Å². The first kappa shape index (κ1) is 14.5. The number of hydrogen-bond acceptors (Lipinski definition) is 4. The summed E-state index contributed by atoms with van der Waals surface area (Å²) in [5, 5.41) is 4.74. The molecule has 2 heterocycles. The van der Waals surface area contributed by atoms with Crippen molar-refractivity contribution in [3.05, 3.63) is 58.2 Å². The van der Waals surface area contributed by atoms with Gasteiger partial charge in [-0.2, -0.15) is 0 Å². The smallest absolute Gasteiger partial charge is 0.278 e. The third kappa shape index (κ3) is 2.42. The molecule has 1 N–H and O–H groups in total. The van der Waals surface area contributed by atoms with E-state index in [0.29, 0.717) is 22.7 Å². The van der Waals surface area contributed by atoms with Crippen molar-refractivity contribution in [2.24, 2.45) is 0 Å². The molecule has 1 aliphatic heterocycles. The molecule has 22 heavy (non-hydrogen) atoms. The van der Waals surface area contributed by atoms with Crippen LogP contribution in [0, 0.1) is 5.82 Å². The fourth-order valence-corrected chi connectivity index (χ4v) is 3.11. The predicted octanol–water partition coefficient (Wildman–Crippen LogP) is 3.10. The number of carbonyl (C=O) groups is 2. The summed E-state index contributed by atoms with van der Waals surface area (Å²) in [7, 11) is 0. The average molecular weight is 316 g/mol. The highest BCUT2D eigenvalue weighted by Crippen LogP contribution is 2.32. The summed E-state index contributed by atoms with van der Waals surface area (Å²) >= 11 is 1.38. The Balaban J connectivity index is 2.06. The quantitative estimate of drug-likeness (QED) is 0.882. The molecule has 4 nitrogen and oxygen atoms in total. The number of rotatable bonds is 4. The van der Waals surface area contributed by atoms with Crippen LogP contribution < -0.4 is 5.32 Å². The highest BCUT2D eigenvalue weighted by molar-refractivity contribution is 7.11. The van der Waals surface area contributed by atoms with E-state index in [9.17, 15) is 14.0 Å². The van der Waals surface area contributed by atoms with Gasteiger partial charge in [0.05, 0.1) is 5.57 Å². The average Bonchev–Trinajstić information content (AvgIpc) is 3.07. The van der Waals surface area contributed by atoms with Gasteiger partial charge < -0.3 is 5.32 Å². The van der Waals surface area contributed by atoms with Gasteiger partial charge in [0.1, 0.15) is 11.5 Å². The van der Waals surface area contributed by atoms with E-state index in [4.69, 9.17) is 0 Å². The van der Waals surface area contributed by atoms with Crippen LogP contribution in [0.4, 0.5) is 10.1 Å². The van der Waals surface area contributed by atoms with Gasteiger partial charge in [-0.15, -0.1) is 11.3 Å². The number of likely N-dealkylation sites (N-methyl/N-ethyl adjacent to an activating group) is 1. The van der Waals surface area contributed by atoms with Crippen LogP contribution in [0.3, 0.4) is 0 Å². The lowest BCUT2D eigenvalue weighted by atomic mass is 10.2. The number of thiophene rings is 1. The lowest BCUT2D eigenvalue weighted by Gasteiger charge is -2.11. The molecule has 1 aliphatic rings. The van der Waals surface area contributed by atoms with Gasteiger partial charge in [-0.1, -0.05) is 12.1 Å².